The van der Waals surface area contributed by atoms with Crippen LogP contribution in [0.15, 0.2) is 65.8 Å². The quantitative estimate of drug-likeness (QED) is 0.771. The highest BCUT2D eigenvalue weighted by Crippen LogP contribution is 2.30. The van der Waals surface area contributed by atoms with E-state index in [1.165, 1.54) is 0 Å². The monoisotopic (exact) mass is 442 g/mol. The molecule has 3 aliphatic heterocycles. The third-order valence-corrected chi connectivity index (χ3v) is 6.33. The molecule has 3 aliphatic rings. The summed E-state index contributed by atoms with van der Waals surface area (Å²) < 4.78 is 1.84. The maximum atomic E-state index is 13.4. The molecule has 0 spiro atoms. The van der Waals surface area contributed by atoms with Crippen molar-refractivity contribution >= 4 is 17.0 Å². The molecule has 7 heteroatoms. The molecule has 1 amide bonds. The summed E-state index contributed by atoms with van der Waals surface area (Å²) in [7, 11) is 0. The lowest BCUT2D eigenvalue weighted by Gasteiger charge is -2.42. The molecule has 33 heavy (non-hydrogen) atoms. The van der Waals surface area contributed by atoms with Crippen molar-refractivity contribution in [2.24, 2.45) is 0 Å². The SMILES string of the molecule is CC1=CC(N2CCNC(C)(C)C2)=CN2C(=O)/C=C(c3cc4c(C)nc(C)cn4n3)\C=C\C=C12. The van der Waals surface area contributed by atoms with Gasteiger partial charge in [-0.2, -0.15) is 5.10 Å². The van der Waals surface area contributed by atoms with Gasteiger partial charge in [0.05, 0.1) is 40.2 Å². The van der Waals surface area contributed by atoms with E-state index in [4.69, 9.17) is 5.10 Å². The molecule has 0 aliphatic carbocycles. The van der Waals surface area contributed by atoms with Crippen LogP contribution in [-0.4, -0.2) is 55.5 Å². The third kappa shape index (κ3) is 4.04. The minimum Gasteiger partial charge on any atom is -0.367 e. The van der Waals surface area contributed by atoms with Gasteiger partial charge in [0.2, 0.25) is 0 Å². The van der Waals surface area contributed by atoms with Crippen LogP contribution in [0.2, 0.25) is 0 Å². The van der Waals surface area contributed by atoms with Gasteiger partial charge in [-0.3, -0.25) is 14.7 Å². The summed E-state index contributed by atoms with van der Waals surface area (Å²) >= 11 is 0. The zero-order chi connectivity index (χ0) is 23.3. The molecule has 5 heterocycles. The summed E-state index contributed by atoms with van der Waals surface area (Å²) in [6.45, 7) is 13.1. The predicted octanol–water partition coefficient (Wildman–Crippen LogP) is 3.50. The standard InChI is InChI=1S/C26H30N6O/c1-17-11-21(30-10-9-27-26(4,5)16-30)15-31-23(17)8-6-7-20(12-25(31)33)22-13-24-19(3)28-18(2)14-32(24)29-22/h6-8,11-15,27H,9-10,16H2,1-5H3/b7-6+,20-12+,23-8?. The molecule has 170 valence electrons. The van der Waals surface area contributed by atoms with Gasteiger partial charge < -0.3 is 10.2 Å². The number of hydrogen-bond acceptors (Lipinski definition) is 5. The van der Waals surface area contributed by atoms with E-state index in [-0.39, 0.29) is 11.4 Å². The van der Waals surface area contributed by atoms with Crippen molar-refractivity contribution in [1.82, 2.24) is 29.7 Å². The normalized spacial score (nSPS) is 23.1. The highest BCUT2D eigenvalue weighted by molar-refractivity contribution is 5.99. The number of nitrogens with one attached hydrogen (secondary N) is 1. The van der Waals surface area contributed by atoms with Gasteiger partial charge in [-0.25, -0.2) is 4.52 Å². The zero-order valence-electron chi connectivity index (χ0n) is 19.9. The summed E-state index contributed by atoms with van der Waals surface area (Å²) in [6, 6.07) is 1.99. The first-order chi connectivity index (χ1) is 15.7. The Kier molecular flexibility index (Phi) is 5.09. The Labute approximate surface area is 194 Å². The molecule has 5 rings (SSSR count). The average molecular weight is 443 g/mol. The van der Waals surface area contributed by atoms with Gasteiger partial charge in [-0.05, 0) is 58.4 Å². The largest absolute Gasteiger partial charge is 0.367 e. The van der Waals surface area contributed by atoms with Gasteiger partial charge in [0, 0.05) is 43.0 Å². The molecule has 0 saturated carbocycles. The second kappa shape index (κ2) is 7.85. The number of rotatable bonds is 2. The lowest BCUT2D eigenvalue weighted by molar-refractivity contribution is -0.122. The van der Waals surface area contributed by atoms with E-state index >= 15 is 0 Å². The van der Waals surface area contributed by atoms with Crippen LogP contribution in [0.5, 0.6) is 0 Å². The van der Waals surface area contributed by atoms with Crippen molar-refractivity contribution in [2.45, 2.75) is 40.2 Å². The maximum absolute atomic E-state index is 13.4. The molecule has 1 N–H and O–H groups in total. The summed E-state index contributed by atoms with van der Waals surface area (Å²) in [6.07, 6.45) is 13.7. The summed E-state index contributed by atoms with van der Waals surface area (Å²) in [4.78, 5) is 22.1. The van der Waals surface area contributed by atoms with Crippen LogP contribution < -0.4 is 5.32 Å². The second-order valence-electron chi connectivity index (χ2n) is 9.66. The van der Waals surface area contributed by atoms with Crippen LogP contribution in [0.4, 0.5) is 0 Å². The minimum absolute atomic E-state index is 0.0293. The van der Waals surface area contributed by atoms with Gasteiger partial charge in [-0.15, -0.1) is 0 Å². The Morgan fingerprint density at radius 2 is 1.97 bits per heavy atom. The number of amides is 1. The fourth-order valence-corrected chi connectivity index (χ4v) is 4.74. The molecule has 0 unspecified atom stereocenters. The predicted molar refractivity (Wildman–Crippen MR) is 130 cm³/mol. The Bertz CT molecular complexity index is 1300. The van der Waals surface area contributed by atoms with Gasteiger partial charge in [-0.1, -0.05) is 12.2 Å². The lowest BCUT2D eigenvalue weighted by atomic mass is 9.99. The molecule has 0 atom stereocenters. The number of nitrogens with zero attached hydrogens (tertiary/aromatic N) is 5. The Morgan fingerprint density at radius 3 is 2.76 bits per heavy atom. The van der Waals surface area contributed by atoms with Crippen molar-refractivity contribution in [2.75, 3.05) is 19.6 Å². The first kappa shape index (κ1) is 21.4. The zero-order valence-corrected chi connectivity index (χ0v) is 19.9. The Balaban J connectivity index is 1.51. The van der Waals surface area contributed by atoms with Crippen molar-refractivity contribution in [3.05, 3.63) is 82.9 Å². The molecule has 2 aromatic rings. The molecule has 0 aromatic carbocycles. The van der Waals surface area contributed by atoms with Gasteiger partial charge in [0.1, 0.15) is 0 Å². The fourth-order valence-electron chi connectivity index (χ4n) is 4.74. The molecular weight excluding hydrogens is 412 g/mol. The van der Waals surface area contributed by atoms with Crippen molar-refractivity contribution in [3.8, 4) is 0 Å². The number of fused-ring (bicyclic) bond motifs is 2. The number of allylic oxidation sites excluding steroid dienone is 6. The van der Waals surface area contributed by atoms with Crippen LogP contribution in [0.3, 0.4) is 0 Å². The summed E-state index contributed by atoms with van der Waals surface area (Å²) in [5.41, 5.74) is 7.37. The van der Waals surface area contributed by atoms with Gasteiger partial charge in [0.25, 0.3) is 5.91 Å². The number of carbonyl (C=O) groups excluding carboxylic acids is 1. The fraction of sp³-hybridized carbons (Fsp3) is 0.346. The summed E-state index contributed by atoms with van der Waals surface area (Å²) in [5.74, 6) is -0.0805. The van der Waals surface area contributed by atoms with Crippen LogP contribution >= 0.6 is 0 Å². The van der Waals surface area contributed by atoms with Crippen molar-refractivity contribution in [3.63, 3.8) is 0 Å². The van der Waals surface area contributed by atoms with E-state index in [0.717, 1.165) is 64.8 Å². The molecule has 1 saturated heterocycles. The van der Waals surface area contributed by atoms with E-state index in [9.17, 15) is 4.79 Å². The highest BCUT2D eigenvalue weighted by atomic mass is 16.2. The number of aryl methyl sites for hydroxylation is 2. The van der Waals surface area contributed by atoms with E-state index in [0.29, 0.717) is 0 Å². The second-order valence-corrected chi connectivity index (χ2v) is 9.66. The van der Waals surface area contributed by atoms with E-state index in [1.807, 2.05) is 55.1 Å². The topological polar surface area (TPSA) is 65.8 Å². The Morgan fingerprint density at radius 1 is 1.15 bits per heavy atom. The minimum atomic E-state index is -0.0805. The van der Waals surface area contributed by atoms with Gasteiger partial charge >= 0.3 is 0 Å². The Hall–Kier alpha value is -3.45. The van der Waals surface area contributed by atoms with Crippen LogP contribution in [-0.2, 0) is 4.79 Å². The van der Waals surface area contributed by atoms with Crippen LogP contribution in [0, 0.1) is 13.8 Å². The molecule has 0 radical (unpaired) electrons. The molecule has 1 fully saturated rings. The molecule has 0 bridgehead atoms. The number of hydrogen-bond donors (Lipinski definition) is 1. The van der Waals surface area contributed by atoms with Gasteiger partial charge in [0.15, 0.2) is 0 Å². The summed E-state index contributed by atoms with van der Waals surface area (Å²) in [5, 5.41) is 8.26. The molecular formula is C26H30N6O. The molecule has 7 nitrogen and oxygen atoms in total. The van der Waals surface area contributed by atoms with Crippen LogP contribution in [0.25, 0.3) is 11.1 Å². The van der Waals surface area contributed by atoms with Crippen LogP contribution in [0.1, 0.15) is 37.9 Å². The molecule has 2 aromatic heterocycles. The van der Waals surface area contributed by atoms with E-state index in [1.54, 1.807) is 11.0 Å². The van der Waals surface area contributed by atoms with E-state index < -0.39 is 0 Å². The third-order valence-electron chi connectivity index (χ3n) is 6.33. The average Bonchev–Trinajstić information content (AvgIpc) is 3.15. The lowest BCUT2D eigenvalue weighted by Crippen LogP contribution is -2.56. The van der Waals surface area contributed by atoms with E-state index in [2.05, 4.69) is 42.0 Å². The number of piperazine rings is 1. The number of aromatic nitrogens is 3. The first-order valence-corrected chi connectivity index (χ1v) is 11.4. The van der Waals surface area contributed by atoms with Crippen molar-refractivity contribution < 1.29 is 4.79 Å². The smallest absolute Gasteiger partial charge is 0.255 e. The highest BCUT2D eigenvalue weighted by Gasteiger charge is 2.29. The first-order valence-electron chi connectivity index (χ1n) is 11.4. The number of carbonyl (C=O) groups is 1. The maximum Gasteiger partial charge on any atom is 0.255 e. The van der Waals surface area contributed by atoms with Crippen molar-refractivity contribution in [1.29, 1.82) is 0 Å².